The molecule has 0 fully saturated rings. The molecule has 0 radical (unpaired) electrons. The van der Waals surface area contributed by atoms with Gasteiger partial charge in [-0.3, -0.25) is 0 Å². The summed E-state index contributed by atoms with van der Waals surface area (Å²) in [6.45, 7) is 7.88. The lowest BCUT2D eigenvalue weighted by molar-refractivity contribution is -0.163. The van der Waals surface area contributed by atoms with Crippen LogP contribution in [-0.2, 0) is 0 Å². The summed E-state index contributed by atoms with van der Waals surface area (Å²) < 4.78 is 0. The van der Waals surface area contributed by atoms with E-state index < -0.39 is 5.79 Å². The van der Waals surface area contributed by atoms with Crippen molar-refractivity contribution in [2.45, 2.75) is 83.8 Å². The second-order valence-corrected chi connectivity index (χ2v) is 5.38. The second-order valence-electron chi connectivity index (χ2n) is 5.38. The molecular formula is C16H32O2. The predicted molar refractivity (Wildman–Crippen MR) is 78.4 cm³/mol. The van der Waals surface area contributed by atoms with Crippen LogP contribution < -0.4 is 0 Å². The van der Waals surface area contributed by atoms with Crippen LogP contribution in [0.1, 0.15) is 78.1 Å². The molecule has 1 unspecified atom stereocenters. The Morgan fingerprint density at radius 3 is 1.94 bits per heavy atom. The Hall–Kier alpha value is -0.340. The molecule has 0 aliphatic rings. The first kappa shape index (κ1) is 17.7. The highest BCUT2D eigenvalue weighted by molar-refractivity contribution is 4.91. The molecule has 2 N–H and O–H groups in total. The highest BCUT2D eigenvalue weighted by Gasteiger charge is 2.29. The largest absolute Gasteiger partial charge is 0.362 e. The summed E-state index contributed by atoms with van der Waals surface area (Å²) in [6, 6.07) is 0. The average Bonchev–Trinajstić information content (AvgIpc) is 2.36. The molecule has 0 saturated heterocycles. The van der Waals surface area contributed by atoms with Gasteiger partial charge in [-0.25, -0.2) is 0 Å². The first-order valence-electron chi connectivity index (χ1n) is 7.66. The van der Waals surface area contributed by atoms with E-state index in [4.69, 9.17) is 0 Å². The third-order valence-corrected chi connectivity index (χ3v) is 3.71. The molecule has 1 atom stereocenters. The standard InChI is InChI=1S/C16H32O2/c1-4-7-9-10-11-12-14-15(13-8-5-2)16(17,18)6-3/h6,15,17-18H,3-5,7-14H2,1-2H3. The van der Waals surface area contributed by atoms with Gasteiger partial charge in [0.15, 0.2) is 5.79 Å². The Kier molecular flexibility index (Phi) is 10.4. The van der Waals surface area contributed by atoms with Crippen molar-refractivity contribution < 1.29 is 10.2 Å². The molecule has 2 nitrogen and oxygen atoms in total. The van der Waals surface area contributed by atoms with Crippen LogP contribution in [-0.4, -0.2) is 16.0 Å². The van der Waals surface area contributed by atoms with Crippen molar-refractivity contribution in [3.63, 3.8) is 0 Å². The number of aliphatic hydroxyl groups is 2. The minimum Gasteiger partial charge on any atom is -0.362 e. The lowest BCUT2D eigenvalue weighted by atomic mass is 9.87. The van der Waals surface area contributed by atoms with Gasteiger partial charge in [0.05, 0.1) is 0 Å². The summed E-state index contributed by atoms with van der Waals surface area (Å²) in [6.07, 6.45) is 12.7. The van der Waals surface area contributed by atoms with Crippen LogP contribution in [0.25, 0.3) is 0 Å². The quantitative estimate of drug-likeness (QED) is 0.308. The molecule has 0 saturated carbocycles. The Morgan fingerprint density at radius 2 is 1.39 bits per heavy atom. The van der Waals surface area contributed by atoms with Gasteiger partial charge in [-0.1, -0.05) is 71.8 Å². The van der Waals surface area contributed by atoms with Crippen molar-refractivity contribution in [1.82, 2.24) is 0 Å². The maximum atomic E-state index is 9.89. The lowest BCUT2D eigenvalue weighted by Gasteiger charge is -2.28. The molecule has 0 aliphatic heterocycles. The molecule has 0 aromatic rings. The van der Waals surface area contributed by atoms with Crippen LogP contribution in [0.5, 0.6) is 0 Å². The zero-order valence-corrected chi connectivity index (χ0v) is 12.3. The molecule has 108 valence electrons. The molecule has 18 heavy (non-hydrogen) atoms. The minimum atomic E-state index is -1.68. The molecule has 0 spiro atoms. The normalized spacial score (nSPS) is 13.6. The van der Waals surface area contributed by atoms with E-state index in [0.29, 0.717) is 0 Å². The summed E-state index contributed by atoms with van der Waals surface area (Å²) >= 11 is 0. The van der Waals surface area contributed by atoms with Gasteiger partial charge in [-0.05, 0) is 18.9 Å². The summed E-state index contributed by atoms with van der Waals surface area (Å²) in [4.78, 5) is 0. The van der Waals surface area contributed by atoms with E-state index in [1.54, 1.807) is 0 Å². The van der Waals surface area contributed by atoms with Crippen LogP contribution in [0.2, 0.25) is 0 Å². The predicted octanol–water partition coefficient (Wildman–Crippen LogP) is 4.41. The van der Waals surface area contributed by atoms with Crippen LogP contribution >= 0.6 is 0 Å². The average molecular weight is 256 g/mol. The van der Waals surface area contributed by atoms with Crippen molar-refractivity contribution in [1.29, 1.82) is 0 Å². The molecule has 0 aliphatic carbocycles. The van der Waals surface area contributed by atoms with Crippen LogP contribution in [0.3, 0.4) is 0 Å². The van der Waals surface area contributed by atoms with Crippen molar-refractivity contribution >= 4 is 0 Å². The molecule has 0 heterocycles. The van der Waals surface area contributed by atoms with Gasteiger partial charge in [0, 0.05) is 5.92 Å². The Bertz CT molecular complexity index is 199. The van der Waals surface area contributed by atoms with E-state index in [1.807, 2.05) is 0 Å². The summed E-state index contributed by atoms with van der Waals surface area (Å²) in [7, 11) is 0. The maximum Gasteiger partial charge on any atom is 0.185 e. The summed E-state index contributed by atoms with van der Waals surface area (Å²) in [5.41, 5.74) is 0. The maximum absolute atomic E-state index is 9.89. The number of hydrogen-bond donors (Lipinski definition) is 2. The van der Waals surface area contributed by atoms with Gasteiger partial charge < -0.3 is 10.2 Å². The fourth-order valence-electron chi connectivity index (χ4n) is 2.36. The van der Waals surface area contributed by atoms with E-state index in [9.17, 15) is 10.2 Å². The van der Waals surface area contributed by atoms with E-state index >= 15 is 0 Å². The number of unbranched alkanes of at least 4 members (excludes halogenated alkanes) is 6. The van der Waals surface area contributed by atoms with Gasteiger partial charge in [-0.15, -0.1) is 0 Å². The fourth-order valence-corrected chi connectivity index (χ4v) is 2.36. The first-order valence-corrected chi connectivity index (χ1v) is 7.66. The third kappa shape index (κ3) is 7.88. The van der Waals surface area contributed by atoms with Gasteiger partial charge in [0.25, 0.3) is 0 Å². The van der Waals surface area contributed by atoms with Gasteiger partial charge in [0.1, 0.15) is 0 Å². The monoisotopic (exact) mass is 256 g/mol. The Balaban J connectivity index is 3.90. The molecule has 0 aromatic heterocycles. The number of hydrogen-bond acceptors (Lipinski definition) is 2. The van der Waals surface area contributed by atoms with Crippen molar-refractivity contribution in [3.05, 3.63) is 12.7 Å². The zero-order valence-electron chi connectivity index (χ0n) is 12.3. The van der Waals surface area contributed by atoms with Crippen LogP contribution in [0, 0.1) is 5.92 Å². The fraction of sp³-hybridized carbons (Fsp3) is 0.875. The second kappa shape index (κ2) is 10.6. The molecule has 0 amide bonds. The van der Waals surface area contributed by atoms with Crippen molar-refractivity contribution in [3.8, 4) is 0 Å². The van der Waals surface area contributed by atoms with Crippen LogP contribution in [0.15, 0.2) is 12.7 Å². The highest BCUT2D eigenvalue weighted by Crippen LogP contribution is 2.27. The van der Waals surface area contributed by atoms with Crippen LogP contribution in [0.4, 0.5) is 0 Å². The van der Waals surface area contributed by atoms with Gasteiger partial charge in [0.2, 0.25) is 0 Å². The Labute approximate surface area is 113 Å². The molecule has 0 bridgehead atoms. The van der Waals surface area contributed by atoms with E-state index in [-0.39, 0.29) is 5.92 Å². The molecule has 2 heteroatoms. The SMILES string of the molecule is C=CC(O)(O)C(CCCC)CCCCCCCC. The summed E-state index contributed by atoms with van der Waals surface area (Å²) in [5, 5.41) is 19.8. The summed E-state index contributed by atoms with van der Waals surface area (Å²) in [5.74, 6) is -1.74. The van der Waals surface area contributed by atoms with E-state index in [2.05, 4.69) is 20.4 Å². The Morgan fingerprint density at radius 1 is 0.889 bits per heavy atom. The van der Waals surface area contributed by atoms with Crippen molar-refractivity contribution in [2.75, 3.05) is 0 Å². The first-order chi connectivity index (χ1) is 8.58. The molecular weight excluding hydrogens is 224 g/mol. The highest BCUT2D eigenvalue weighted by atomic mass is 16.5. The van der Waals surface area contributed by atoms with E-state index in [0.717, 1.165) is 32.1 Å². The molecule has 0 rings (SSSR count). The number of rotatable bonds is 12. The smallest absolute Gasteiger partial charge is 0.185 e. The minimum absolute atomic E-state index is 0.0545. The lowest BCUT2D eigenvalue weighted by Crippen LogP contribution is -2.35. The van der Waals surface area contributed by atoms with Gasteiger partial charge >= 0.3 is 0 Å². The topological polar surface area (TPSA) is 40.5 Å². The van der Waals surface area contributed by atoms with Gasteiger partial charge in [-0.2, -0.15) is 0 Å². The zero-order chi connectivity index (χ0) is 13.9. The molecule has 0 aromatic carbocycles. The van der Waals surface area contributed by atoms with E-state index in [1.165, 1.54) is 38.2 Å². The van der Waals surface area contributed by atoms with Crippen molar-refractivity contribution in [2.24, 2.45) is 5.92 Å². The third-order valence-electron chi connectivity index (χ3n) is 3.71.